The van der Waals surface area contributed by atoms with Crippen LogP contribution < -0.4 is 5.32 Å². The van der Waals surface area contributed by atoms with Crippen LogP contribution in [0.25, 0.3) is 0 Å². The van der Waals surface area contributed by atoms with Crippen molar-refractivity contribution in [3.8, 4) is 0 Å². The molecular formula is C14H20N2O3. The molecule has 1 heterocycles. The number of carboxylic acid groups (broad SMARTS) is 1. The van der Waals surface area contributed by atoms with E-state index in [1.165, 1.54) is 0 Å². The summed E-state index contributed by atoms with van der Waals surface area (Å²) >= 11 is 0. The number of hydrogen-bond donors (Lipinski definition) is 3. The Morgan fingerprint density at radius 3 is 2.74 bits per heavy atom. The minimum absolute atomic E-state index is 0.0359. The van der Waals surface area contributed by atoms with E-state index >= 15 is 0 Å². The number of nitrogens with one attached hydrogen (secondary N) is 1. The van der Waals surface area contributed by atoms with E-state index in [0.29, 0.717) is 0 Å². The van der Waals surface area contributed by atoms with Gasteiger partial charge >= 0.3 is 6.09 Å². The number of amides is 1. The van der Waals surface area contributed by atoms with Crippen molar-refractivity contribution in [1.29, 1.82) is 0 Å². The summed E-state index contributed by atoms with van der Waals surface area (Å²) in [6, 6.07) is 9.76. The van der Waals surface area contributed by atoms with Crippen LogP contribution >= 0.6 is 0 Å². The normalized spacial score (nSPS) is 25.2. The summed E-state index contributed by atoms with van der Waals surface area (Å²) in [6.07, 6.45) is -0.212. The zero-order chi connectivity index (χ0) is 13.8. The van der Waals surface area contributed by atoms with Crippen LogP contribution in [0.15, 0.2) is 30.3 Å². The summed E-state index contributed by atoms with van der Waals surface area (Å²) in [5.74, 6) is 0. The van der Waals surface area contributed by atoms with Gasteiger partial charge in [-0.1, -0.05) is 30.3 Å². The smallest absolute Gasteiger partial charge is 0.404 e. The number of aliphatic hydroxyl groups excluding tert-OH is 1. The number of rotatable bonds is 4. The van der Waals surface area contributed by atoms with Crippen LogP contribution in [0.3, 0.4) is 0 Å². The number of carbonyl (C=O) groups is 1. The van der Waals surface area contributed by atoms with Gasteiger partial charge in [0.05, 0.1) is 12.6 Å². The van der Waals surface area contributed by atoms with Gasteiger partial charge in [-0.2, -0.15) is 0 Å². The summed E-state index contributed by atoms with van der Waals surface area (Å²) in [5, 5.41) is 21.0. The second-order valence-corrected chi connectivity index (χ2v) is 4.93. The molecule has 1 aromatic carbocycles. The first-order valence-corrected chi connectivity index (χ1v) is 6.54. The average Bonchev–Trinajstić information content (AvgIpc) is 2.74. The minimum Gasteiger partial charge on any atom is -0.465 e. The van der Waals surface area contributed by atoms with Crippen molar-refractivity contribution in [2.24, 2.45) is 0 Å². The summed E-state index contributed by atoms with van der Waals surface area (Å²) in [7, 11) is 0. The standard InChI is InChI=1S/C14H20N2O3/c1-10-12(15-14(18)19)7-8-16(10)13(9-17)11-5-3-2-4-6-11/h2-6,10,12-13,15,17H,7-9H2,1H3,(H,18,19)/t10?,12-,13-/m1/s1. The van der Waals surface area contributed by atoms with E-state index in [0.717, 1.165) is 18.5 Å². The average molecular weight is 264 g/mol. The molecule has 104 valence electrons. The summed E-state index contributed by atoms with van der Waals surface area (Å²) in [5.41, 5.74) is 1.06. The molecule has 1 fully saturated rings. The van der Waals surface area contributed by atoms with Gasteiger partial charge in [0.15, 0.2) is 0 Å². The molecule has 1 saturated heterocycles. The third-order valence-corrected chi connectivity index (χ3v) is 3.87. The third-order valence-electron chi connectivity index (χ3n) is 3.87. The van der Waals surface area contributed by atoms with Crippen LogP contribution in [0.5, 0.6) is 0 Å². The molecule has 19 heavy (non-hydrogen) atoms. The molecule has 5 nitrogen and oxygen atoms in total. The highest BCUT2D eigenvalue weighted by atomic mass is 16.4. The monoisotopic (exact) mass is 264 g/mol. The Morgan fingerprint density at radius 1 is 1.47 bits per heavy atom. The Balaban J connectivity index is 2.10. The van der Waals surface area contributed by atoms with Crippen LogP contribution in [-0.2, 0) is 0 Å². The second kappa shape index (κ2) is 6.04. The Labute approximate surface area is 112 Å². The molecule has 1 aliphatic heterocycles. The van der Waals surface area contributed by atoms with Crippen LogP contribution in [0.2, 0.25) is 0 Å². The Kier molecular flexibility index (Phi) is 4.39. The highest BCUT2D eigenvalue weighted by Crippen LogP contribution is 2.29. The Bertz CT molecular complexity index is 424. The van der Waals surface area contributed by atoms with Crippen molar-refractivity contribution in [1.82, 2.24) is 10.2 Å². The minimum atomic E-state index is -0.987. The maximum absolute atomic E-state index is 10.7. The first-order chi connectivity index (χ1) is 9.13. The summed E-state index contributed by atoms with van der Waals surface area (Å²) in [4.78, 5) is 12.9. The molecule has 0 saturated carbocycles. The van der Waals surface area contributed by atoms with Gasteiger partial charge in [-0.3, -0.25) is 4.90 Å². The molecule has 5 heteroatoms. The molecule has 0 radical (unpaired) electrons. The fourth-order valence-electron chi connectivity index (χ4n) is 2.83. The lowest BCUT2D eigenvalue weighted by molar-refractivity contribution is 0.112. The molecule has 1 unspecified atom stereocenters. The molecule has 0 spiro atoms. The molecule has 0 aromatic heterocycles. The van der Waals surface area contributed by atoms with E-state index < -0.39 is 6.09 Å². The van der Waals surface area contributed by atoms with Crippen molar-refractivity contribution in [3.05, 3.63) is 35.9 Å². The van der Waals surface area contributed by atoms with E-state index in [2.05, 4.69) is 10.2 Å². The molecule has 1 aliphatic rings. The van der Waals surface area contributed by atoms with Gasteiger partial charge < -0.3 is 15.5 Å². The molecule has 3 atom stereocenters. The summed E-state index contributed by atoms with van der Waals surface area (Å²) in [6.45, 7) is 2.82. The Morgan fingerprint density at radius 2 is 2.16 bits per heavy atom. The van der Waals surface area contributed by atoms with Crippen molar-refractivity contribution in [3.63, 3.8) is 0 Å². The van der Waals surface area contributed by atoms with Crippen LogP contribution in [-0.4, -0.2) is 46.4 Å². The molecule has 3 N–H and O–H groups in total. The number of nitrogens with zero attached hydrogens (tertiary/aromatic N) is 1. The lowest BCUT2D eigenvalue weighted by Crippen LogP contribution is -2.44. The lowest BCUT2D eigenvalue weighted by Gasteiger charge is -2.32. The van der Waals surface area contributed by atoms with Gasteiger partial charge in [0.2, 0.25) is 0 Å². The largest absolute Gasteiger partial charge is 0.465 e. The zero-order valence-electron chi connectivity index (χ0n) is 11.0. The van der Waals surface area contributed by atoms with E-state index in [4.69, 9.17) is 5.11 Å². The fraction of sp³-hybridized carbons (Fsp3) is 0.500. The van der Waals surface area contributed by atoms with Gasteiger partial charge in [0.25, 0.3) is 0 Å². The SMILES string of the molecule is CC1[C@H](NC(=O)O)CCN1[C@H](CO)c1ccccc1. The number of likely N-dealkylation sites (tertiary alicyclic amines) is 1. The first kappa shape index (κ1) is 13.8. The van der Waals surface area contributed by atoms with E-state index in [-0.39, 0.29) is 24.7 Å². The van der Waals surface area contributed by atoms with Crippen LogP contribution in [0, 0.1) is 0 Å². The third kappa shape index (κ3) is 3.05. The van der Waals surface area contributed by atoms with Crippen molar-refractivity contribution in [2.75, 3.05) is 13.2 Å². The fourth-order valence-corrected chi connectivity index (χ4v) is 2.83. The van der Waals surface area contributed by atoms with Gasteiger partial charge in [-0.15, -0.1) is 0 Å². The van der Waals surface area contributed by atoms with Gasteiger partial charge in [0, 0.05) is 18.6 Å². The van der Waals surface area contributed by atoms with E-state index in [1.807, 2.05) is 37.3 Å². The lowest BCUT2D eigenvalue weighted by atomic mass is 10.0. The molecular weight excluding hydrogens is 244 g/mol. The van der Waals surface area contributed by atoms with Gasteiger partial charge in [-0.05, 0) is 18.9 Å². The van der Waals surface area contributed by atoms with Gasteiger partial charge in [0.1, 0.15) is 0 Å². The van der Waals surface area contributed by atoms with Crippen LogP contribution in [0.1, 0.15) is 24.9 Å². The predicted octanol–water partition coefficient (Wildman–Crippen LogP) is 1.45. The zero-order valence-corrected chi connectivity index (χ0v) is 11.0. The summed E-state index contributed by atoms with van der Waals surface area (Å²) < 4.78 is 0. The van der Waals surface area contributed by atoms with E-state index in [1.54, 1.807) is 0 Å². The quantitative estimate of drug-likeness (QED) is 0.769. The predicted molar refractivity (Wildman–Crippen MR) is 72.0 cm³/mol. The maximum atomic E-state index is 10.7. The first-order valence-electron chi connectivity index (χ1n) is 6.54. The highest BCUT2D eigenvalue weighted by Gasteiger charge is 2.36. The van der Waals surface area contributed by atoms with Crippen molar-refractivity contribution < 1.29 is 15.0 Å². The topological polar surface area (TPSA) is 72.8 Å². The molecule has 1 amide bonds. The van der Waals surface area contributed by atoms with Crippen molar-refractivity contribution >= 4 is 6.09 Å². The number of benzene rings is 1. The Hall–Kier alpha value is -1.59. The molecule has 0 bridgehead atoms. The highest BCUT2D eigenvalue weighted by molar-refractivity contribution is 5.65. The number of aliphatic hydroxyl groups is 1. The van der Waals surface area contributed by atoms with E-state index in [9.17, 15) is 9.90 Å². The second-order valence-electron chi connectivity index (χ2n) is 4.93. The van der Waals surface area contributed by atoms with Gasteiger partial charge in [-0.25, -0.2) is 4.79 Å². The molecule has 1 aromatic rings. The maximum Gasteiger partial charge on any atom is 0.404 e. The molecule has 0 aliphatic carbocycles. The van der Waals surface area contributed by atoms with Crippen molar-refractivity contribution in [2.45, 2.75) is 31.5 Å². The molecule has 2 rings (SSSR count). The van der Waals surface area contributed by atoms with Crippen LogP contribution in [0.4, 0.5) is 4.79 Å². The number of hydrogen-bond acceptors (Lipinski definition) is 3.